The number of hydrazine groups is 1. The number of carbonyl (C=O) groups is 1. The zero-order valence-corrected chi connectivity index (χ0v) is 16.5. The van der Waals surface area contributed by atoms with E-state index in [9.17, 15) is 4.79 Å². The molecule has 138 valence electrons. The van der Waals surface area contributed by atoms with Crippen molar-refractivity contribution >= 4 is 40.7 Å². The summed E-state index contributed by atoms with van der Waals surface area (Å²) in [6.07, 6.45) is 0. The molecule has 0 radical (unpaired) electrons. The fourth-order valence-corrected chi connectivity index (χ4v) is 3.22. The van der Waals surface area contributed by atoms with Crippen LogP contribution in [0.1, 0.15) is 18.1 Å². The van der Waals surface area contributed by atoms with E-state index in [-0.39, 0.29) is 5.91 Å². The first-order chi connectivity index (χ1) is 12.6. The van der Waals surface area contributed by atoms with E-state index in [2.05, 4.69) is 35.2 Å². The second-order valence-corrected chi connectivity index (χ2v) is 6.90. The number of rotatable bonds is 7. The normalized spacial score (nSPS) is 10.1. The minimum Gasteiger partial charge on any atom is -0.494 e. The number of aryl methyl sites for hydroxylation is 1. The first kappa shape index (κ1) is 20.1. The number of nitrogens with one attached hydrogen (secondary N) is 3. The number of benzene rings is 2. The Morgan fingerprint density at radius 2 is 1.85 bits per heavy atom. The van der Waals surface area contributed by atoms with Crippen molar-refractivity contribution in [3.05, 3.63) is 59.7 Å². The Morgan fingerprint density at radius 1 is 1.12 bits per heavy atom. The zero-order valence-electron chi connectivity index (χ0n) is 14.9. The molecule has 26 heavy (non-hydrogen) atoms. The summed E-state index contributed by atoms with van der Waals surface area (Å²) in [7, 11) is 0. The van der Waals surface area contributed by atoms with Crippen molar-refractivity contribution in [3.63, 3.8) is 0 Å². The Hall–Kier alpha value is -2.25. The number of ether oxygens (including phenoxy) is 1. The Kier molecular flexibility index (Phi) is 8.24. The monoisotopic (exact) mass is 389 g/mol. The SMILES string of the molecule is CCOc1ccc(NC(=S)NNC(=O)CSCc2ccccc2C)cc1. The van der Waals surface area contributed by atoms with Crippen LogP contribution in [-0.2, 0) is 10.5 Å². The molecule has 1 amide bonds. The molecule has 2 aromatic carbocycles. The summed E-state index contributed by atoms with van der Waals surface area (Å²) in [5.41, 5.74) is 8.60. The third-order valence-electron chi connectivity index (χ3n) is 3.49. The Labute approximate surface area is 163 Å². The fraction of sp³-hybridized carbons (Fsp3) is 0.263. The number of amides is 1. The lowest BCUT2D eigenvalue weighted by Gasteiger charge is -2.12. The van der Waals surface area contributed by atoms with Crippen LogP contribution in [0.3, 0.4) is 0 Å². The van der Waals surface area contributed by atoms with E-state index in [1.165, 1.54) is 11.1 Å². The van der Waals surface area contributed by atoms with Crippen LogP contribution in [0.2, 0.25) is 0 Å². The molecular weight excluding hydrogens is 366 g/mol. The maximum absolute atomic E-state index is 11.9. The van der Waals surface area contributed by atoms with Crippen LogP contribution in [0.15, 0.2) is 48.5 Å². The van der Waals surface area contributed by atoms with E-state index in [1.54, 1.807) is 11.8 Å². The average Bonchev–Trinajstić information content (AvgIpc) is 2.63. The summed E-state index contributed by atoms with van der Waals surface area (Å²) in [6, 6.07) is 15.6. The molecule has 0 saturated heterocycles. The minimum absolute atomic E-state index is 0.126. The summed E-state index contributed by atoms with van der Waals surface area (Å²) in [4.78, 5) is 11.9. The van der Waals surface area contributed by atoms with Crippen molar-refractivity contribution in [3.8, 4) is 5.75 Å². The predicted molar refractivity (Wildman–Crippen MR) is 112 cm³/mol. The standard InChI is InChI=1S/C19H23N3O2S2/c1-3-24-17-10-8-16(9-11-17)20-19(25)22-21-18(23)13-26-12-15-7-5-4-6-14(15)2/h4-11H,3,12-13H2,1-2H3,(H,21,23)(H2,20,22,25). The van der Waals surface area contributed by atoms with Gasteiger partial charge in [-0.2, -0.15) is 0 Å². The molecular formula is C19H23N3O2S2. The van der Waals surface area contributed by atoms with E-state index < -0.39 is 0 Å². The highest BCUT2D eigenvalue weighted by atomic mass is 32.2. The molecule has 5 nitrogen and oxygen atoms in total. The van der Waals surface area contributed by atoms with Gasteiger partial charge in [0.1, 0.15) is 5.75 Å². The van der Waals surface area contributed by atoms with E-state index >= 15 is 0 Å². The van der Waals surface area contributed by atoms with Crippen molar-refractivity contribution in [2.75, 3.05) is 17.7 Å². The van der Waals surface area contributed by atoms with Crippen LogP contribution in [0.5, 0.6) is 5.75 Å². The van der Waals surface area contributed by atoms with Crippen molar-refractivity contribution in [2.24, 2.45) is 0 Å². The van der Waals surface area contributed by atoms with Gasteiger partial charge in [-0.3, -0.25) is 15.6 Å². The maximum atomic E-state index is 11.9. The van der Waals surface area contributed by atoms with Gasteiger partial charge in [0.2, 0.25) is 5.91 Å². The lowest BCUT2D eigenvalue weighted by molar-refractivity contribution is -0.119. The maximum Gasteiger partial charge on any atom is 0.248 e. The Bertz CT molecular complexity index is 736. The van der Waals surface area contributed by atoms with Crippen molar-refractivity contribution < 1.29 is 9.53 Å². The van der Waals surface area contributed by atoms with Gasteiger partial charge >= 0.3 is 0 Å². The molecule has 0 saturated carbocycles. The van der Waals surface area contributed by atoms with Gasteiger partial charge in [-0.25, -0.2) is 0 Å². The van der Waals surface area contributed by atoms with Gasteiger partial charge in [0.25, 0.3) is 0 Å². The van der Waals surface area contributed by atoms with Gasteiger partial charge in [-0.05, 0) is 61.5 Å². The lowest BCUT2D eigenvalue weighted by atomic mass is 10.1. The van der Waals surface area contributed by atoms with Crippen LogP contribution in [0.25, 0.3) is 0 Å². The Balaban J connectivity index is 1.66. The lowest BCUT2D eigenvalue weighted by Crippen LogP contribution is -2.44. The summed E-state index contributed by atoms with van der Waals surface area (Å²) < 4.78 is 5.39. The molecule has 0 aliphatic carbocycles. The molecule has 0 fully saturated rings. The number of anilines is 1. The molecule has 0 aliphatic rings. The third-order valence-corrected chi connectivity index (χ3v) is 4.68. The van der Waals surface area contributed by atoms with Crippen molar-refractivity contribution in [1.82, 2.24) is 10.9 Å². The molecule has 0 bridgehead atoms. The fourth-order valence-electron chi connectivity index (χ4n) is 2.15. The number of thioether (sulfide) groups is 1. The van der Waals surface area contributed by atoms with Gasteiger partial charge in [0.15, 0.2) is 5.11 Å². The zero-order chi connectivity index (χ0) is 18.8. The highest BCUT2D eigenvalue weighted by molar-refractivity contribution is 7.99. The molecule has 0 spiro atoms. The molecule has 0 aliphatic heterocycles. The molecule has 3 N–H and O–H groups in total. The third kappa shape index (κ3) is 6.93. The number of hydrogen-bond acceptors (Lipinski definition) is 4. The summed E-state index contributed by atoms with van der Waals surface area (Å²) in [5.74, 6) is 1.83. The van der Waals surface area contributed by atoms with E-state index in [1.807, 2.05) is 43.3 Å². The summed E-state index contributed by atoms with van der Waals surface area (Å²) >= 11 is 6.73. The molecule has 2 rings (SSSR count). The molecule has 0 aromatic heterocycles. The van der Waals surface area contributed by atoms with Crippen molar-refractivity contribution in [2.45, 2.75) is 19.6 Å². The molecule has 0 heterocycles. The smallest absolute Gasteiger partial charge is 0.248 e. The number of thiocarbonyl (C=S) groups is 1. The molecule has 0 unspecified atom stereocenters. The van der Waals surface area contributed by atoms with Crippen LogP contribution < -0.4 is 20.9 Å². The van der Waals surface area contributed by atoms with Gasteiger partial charge in [-0.15, -0.1) is 11.8 Å². The predicted octanol–water partition coefficient (Wildman–Crippen LogP) is 3.64. The Morgan fingerprint density at radius 3 is 2.54 bits per heavy atom. The van der Waals surface area contributed by atoms with Crippen molar-refractivity contribution in [1.29, 1.82) is 0 Å². The van der Waals surface area contributed by atoms with Crippen LogP contribution in [-0.4, -0.2) is 23.4 Å². The topological polar surface area (TPSA) is 62.4 Å². The summed E-state index contributed by atoms with van der Waals surface area (Å²) in [6.45, 7) is 4.64. The van der Waals surface area contributed by atoms with E-state index in [0.29, 0.717) is 17.5 Å². The first-order valence-corrected chi connectivity index (χ1v) is 9.85. The highest BCUT2D eigenvalue weighted by Crippen LogP contribution is 2.16. The molecule has 7 heteroatoms. The van der Waals surface area contributed by atoms with E-state index in [0.717, 1.165) is 17.2 Å². The number of hydrogen-bond donors (Lipinski definition) is 3. The first-order valence-electron chi connectivity index (χ1n) is 8.29. The highest BCUT2D eigenvalue weighted by Gasteiger charge is 2.04. The molecule has 0 atom stereocenters. The van der Waals surface area contributed by atoms with Gasteiger partial charge in [0.05, 0.1) is 12.4 Å². The molecule has 2 aromatic rings. The summed E-state index contributed by atoms with van der Waals surface area (Å²) in [5, 5.41) is 3.32. The second-order valence-electron chi connectivity index (χ2n) is 5.50. The average molecular weight is 390 g/mol. The van der Waals surface area contributed by atoms with Crippen LogP contribution >= 0.6 is 24.0 Å². The van der Waals surface area contributed by atoms with Gasteiger partial charge in [-0.1, -0.05) is 24.3 Å². The minimum atomic E-state index is -0.126. The van der Waals surface area contributed by atoms with Gasteiger partial charge < -0.3 is 10.1 Å². The van der Waals surface area contributed by atoms with Crippen LogP contribution in [0.4, 0.5) is 5.69 Å². The second kappa shape index (κ2) is 10.7. The van der Waals surface area contributed by atoms with E-state index in [4.69, 9.17) is 17.0 Å². The number of carbonyl (C=O) groups excluding carboxylic acids is 1. The van der Waals surface area contributed by atoms with Crippen LogP contribution in [0, 0.1) is 6.92 Å². The van der Waals surface area contributed by atoms with Gasteiger partial charge in [0, 0.05) is 11.4 Å². The largest absolute Gasteiger partial charge is 0.494 e. The quantitative estimate of drug-likeness (QED) is 0.496.